The van der Waals surface area contributed by atoms with Gasteiger partial charge in [-0.3, -0.25) is 4.90 Å². The van der Waals surface area contributed by atoms with Crippen molar-refractivity contribution in [2.45, 2.75) is 66.0 Å². The van der Waals surface area contributed by atoms with Crippen molar-refractivity contribution in [1.82, 2.24) is 10.2 Å². The van der Waals surface area contributed by atoms with Gasteiger partial charge >= 0.3 is 0 Å². The molecule has 0 spiro atoms. The fraction of sp³-hybridized carbons (Fsp3) is 1.00. The maximum Gasteiger partial charge on any atom is 0.0275 e. The first-order valence-electron chi connectivity index (χ1n) is 8.50. The molecule has 1 aliphatic heterocycles. The van der Waals surface area contributed by atoms with Crippen molar-refractivity contribution < 1.29 is 0 Å². The van der Waals surface area contributed by atoms with Gasteiger partial charge in [-0.25, -0.2) is 0 Å². The molecular formula is C17H34N2. The minimum atomic E-state index is 0.717. The summed E-state index contributed by atoms with van der Waals surface area (Å²) in [7, 11) is 0. The van der Waals surface area contributed by atoms with E-state index in [1.807, 2.05) is 0 Å². The van der Waals surface area contributed by atoms with Crippen LogP contribution in [0.15, 0.2) is 0 Å². The van der Waals surface area contributed by atoms with Gasteiger partial charge in [-0.05, 0) is 56.0 Å². The molecule has 5 atom stereocenters. The number of nitrogens with one attached hydrogen (secondary N) is 1. The number of rotatable bonds is 4. The average Bonchev–Trinajstić information content (AvgIpc) is 2.77. The van der Waals surface area contributed by atoms with Crippen LogP contribution in [0.3, 0.4) is 0 Å². The van der Waals surface area contributed by atoms with E-state index in [2.05, 4.69) is 44.8 Å². The highest BCUT2D eigenvalue weighted by Crippen LogP contribution is 2.36. The van der Waals surface area contributed by atoms with Gasteiger partial charge in [0, 0.05) is 18.6 Å². The molecular weight excluding hydrogens is 232 g/mol. The van der Waals surface area contributed by atoms with Gasteiger partial charge < -0.3 is 5.32 Å². The Labute approximate surface area is 120 Å². The molecule has 5 unspecified atom stereocenters. The van der Waals surface area contributed by atoms with Crippen LogP contribution in [0.4, 0.5) is 0 Å². The fourth-order valence-electron chi connectivity index (χ4n) is 4.55. The van der Waals surface area contributed by atoms with Crippen LogP contribution in [-0.2, 0) is 0 Å². The summed E-state index contributed by atoms with van der Waals surface area (Å²) in [6.45, 7) is 15.7. The third kappa shape index (κ3) is 3.52. The van der Waals surface area contributed by atoms with Crippen molar-refractivity contribution in [3.05, 3.63) is 0 Å². The number of likely N-dealkylation sites (tertiary alicyclic amines) is 1. The minimum absolute atomic E-state index is 0.717. The van der Waals surface area contributed by atoms with Crippen LogP contribution in [0.5, 0.6) is 0 Å². The summed E-state index contributed by atoms with van der Waals surface area (Å²) in [5.41, 5.74) is 0. The zero-order valence-electron chi connectivity index (χ0n) is 13.7. The second kappa shape index (κ2) is 6.58. The molecule has 0 aromatic carbocycles. The average molecular weight is 266 g/mol. The monoisotopic (exact) mass is 266 g/mol. The molecule has 2 fully saturated rings. The standard InChI is InChI=1S/C17H34N2/c1-6-18-16-10-13(4)9-14(5)17(16)19-8-7-15(11-19)12(2)3/h12-18H,6-11H2,1-5H3. The van der Waals surface area contributed by atoms with E-state index in [1.165, 1.54) is 32.4 Å². The Morgan fingerprint density at radius 3 is 2.53 bits per heavy atom. The lowest BCUT2D eigenvalue weighted by molar-refractivity contribution is 0.0752. The van der Waals surface area contributed by atoms with E-state index < -0.39 is 0 Å². The van der Waals surface area contributed by atoms with Crippen molar-refractivity contribution in [2.75, 3.05) is 19.6 Å². The van der Waals surface area contributed by atoms with Crippen molar-refractivity contribution in [2.24, 2.45) is 23.7 Å². The van der Waals surface area contributed by atoms with Crippen molar-refractivity contribution in [3.8, 4) is 0 Å². The van der Waals surface area contributed by atoms with Crippen LogP contribution in [0.2, 0.25) is 0 Å². The lowest BCUT2D eigenvalue weighted by Gasteiger charge is -2.45. The van der Waals surface area contributed by atoms with Gasteiger partial charge in [-0.2, -0.15) is 0 Å². The van der Waals surface area contributed by atoms with E-state index in [-0.39, 0.29) is 0 Å². The predicted molar refractivity (Wildman–Crippen MR) is 83.3 cm³/mol. The van der Waals surface area contributed by atoms with Crippen molar-refractivity contribution in [3.63, 3.8) is 0 Å². The predicted octanol–water partition coefficient (Wildman–Crippen LogP) is 3.38. The Morgan fingerprint density at radius 1 is 1.21 bits per heavy atom. The molecule has 2 rings (SSSR count). The second-order valence-corrected chi connectivity index (χ2v) is 7.50. The molecule has 0 aromatic heterocycles. The zero-order valence-corrected chi connectivity index (χ0v) is 13.7. The third-order valence-corrected chi connectivity index (χ3v) is 5.51. The lowest BCUT2D eigenvalue weighted by atomic mass is 9.76. The van der Waals surface area contributed by atoms with E-state index in [1.54, 1.807) is 0 Å². The molecule has 0 radical (unpaired) electrons. The maximum absolute atomic E-state index is 3.77. The summed E-state index contributed by atoms with van der Waals surface area (Å²) in [5, 5.41) is 3.77. The Morgan fingerprint density at radius 2 is 1.95 bits per heavy atom. The first-order valence-corrected chi connectivity index (χ1v) is 8.50. The summed E-state index contributed by atoms with van der Waals surface area (Å²) >= 11 is 0. The highest BCUT2D eigenvalue weighted by Gasteiger charge is 2.40. The molecule has 1 heterocycles. The summed E-state index contributed by atoms with van der Waals surface area (Å²) in [4.78, 5) is 2.81. The van der Waals surface area contributed by atoms with Crippen LogP contribution in [0.25, 0.3) is 0 Å². The van der Waals surface area contributed by atoms with Crippen molar-refractivity contribution in [1.29, 1.82) is 0 Å². The first kappa shape index (κ1) is 15.3. The van der Waals surface area contributed by atoms with Crippen molar-refractivity contribution >= 4 is 0 Å². The number of hydrogen-bond acceptors (Lipinski definition) is 2. The van der Waals surface area contributed by atoms with Crippen LogP contribution in [0.1, 0.15) is 53.9 Å². The Kier molecular flexibility index (Phi) is 5.30. The van der Waals surface area contributed by atoms with Crippen LogP contribution in [-0.4, -0.2) is 36.6 Å². The molecule has 0 aromatic rings. The second-order valence-electron chi connectivity index (χ2n) is 7.50. The smallest absolute Gasteiger partial charge is 0.0275 e. The number of likely N-dealkylation sites (N-methyl/N-ethyl adjacent to an activating group) is 1. The normalized spacial score (nSPS) is 41.1. The minimum Gasteiger partial charge on any atom is -0.313 e. The SMILES string of the molecule is CCNC1CC(C)CC(C)C1N1CCC(C(C)C)C1. The van der Waals surface area contributed by atoms with Gasteiger partial charge in [-0.15, -0.1) is 0 Å². The van der Waals surface area contributed by atoms with Gasteiger partial charge in [0.25, 0.3) is 0 Å². The van der Waals surface area contributed by atoms with E-state index >= 15 is 0 Å². The van der Waals surface area contributed by atoms with E-state index in [9.17, 15) is 0 Å². The maximum atomic E-state index is 3.77. The molecule has 0 bridgehead atoms. The van der Waals surface area contributed by atoms with Gasteiger partial charge in [-0.1, -0.05) is 34.6 Å². The Balaban J connectivity index is 2.03. The summed E-state index contributed by atoms with van der Waals surface area (Å²) in [6, 6.07) is 1.49. The molecule has 19 heavy (non-hydrogen) atoms. The molecule has 1 N–H and O–H groups in total. The molecule has 2 heteroatoms. The van der Waals surface area contributed by atoms with E-state index in [0.717, 1.165) is 42.3 Å². The van der Waals surface area contributed by atoms with E-state index in [0.29, 0.717) is 0 Å². The Hall–Kier alpha value is -0.0800. The molecule has 1 saturated heterocycles. The van der Waals surface area contributed by atoms with E-state index in [4.69, 9.17) is 0 Å². The molecule has 2 aliphatic rings. The quantitative estimate of drug-likeness (QED) is 0.839. The third-order valence-electron chi connectivity index (χ3n) is 5.51. The van der Waals surface area contributed by atoms with Gasteiger partial charge in [0.2, 0.25) is 0 Å². The molecule has 0 amide bonds. The van der Waals surface area contributed by atoms with Gasteiger partial charge in [0.15, 0.2) is 0 Å². The summed E-state index contributed by atoms with van der Waals surface area (Å²) in [5.74, 6) is 3.51. The largest absolute Gasteiger partial charge is 0.313 e. The fourth-order valence-corrected chi connectivity index (χ4v) is 4.55. The summed E-state index contributed by atoms with van der Waals surface area (Å²) < 4.78 is 0. The lowest BCUT2D eigenvalue weighted by Crippen LogP contribution is -2.56. The van der Waals surface area contributed by atoms with Crippen LogP contribution < -0.4 is 5.32 Å². The number of nitrogens with zero attached hydrogens (tertiary/aromatic N) is 1. The highest BCUT2D eigenvalue weighted by atomic mass is 15.2. The highest BCUT2D eigenvalue weighted by molar-refractivity contribution is 4.96. The molecule has 2 nitrogen and oxygen atoms in total. The molecule has 1 aliphatic carbocycles. The van der Waals surface area contributed by atoms with Crippen LogP contribution in [0, 0.1) is 23.7 Å². The van der Waals surface area contributed by atoms with Gasteiger partial charge in [0.05, 0.1) is 0 Å². The topological polar surface area (TPSA) is 15.3 Å². The number of hydrogen-bond donors (Lipinski definition) is 1. The molecule has 1 saturated carbocycles. The van der Waals surface area contributed by atoms with Gasteiger partial charge in [0.1, 0.15) is 0 Å². The zero-order chi connectivity index (χ0) is 14.0. The summed E-state index contributed by atoms with van der Waals surface area (Å²) in [6.07, 6.45) is 4.19. The van der Waals surface area contributed by atoms with Crippen LogP contribution >= 0.6 is 0 Å². The first-order chi connectivity index (χ1) is 9.02. The Bertz CT molecular complexity index is 276. The molecule has 112 valence electrons.